The normalized spacial score (nSPS) is 13.7. The van der Waals surface area contributed by atoms with Crippen LogP contribution in [-0.4, -0.2) is 33.4 Å². The van der Waals surface area contributed by atoms with Crippen LogP contribution in [0.15, 0.2) is 24.3 Å². The minimum Gasteiger partial charge on any atom is -0.481 e. The Bertz CT molecular complexity index is 449. The molecule has 0 spiro atoms. The van der Waals surface area contributed by atoms with Crippen LogP contribution in [0.5, 0.6) is 0 Å². The number of carbonyl (C=O) groups excluding carboxylic acids is 1. The SMILES string of the molecule is NC(=O)Nc1cccc(C(O)C(O)CC(=O)O)c1. The molecule has 1 aromatic carbocycles. The zero-order valence-electron chi connectivity index (χ0n) is 9.41. The molecule has 0 heterocycles. The molecular weight excluding hydrogens is 240 g/mol. The van der Waals surface area contributed by atoms with E-state index in [2.05, 4.69) is 5.32 Å². The first-order chi connectivity index (χ1) is 8.40. The number of rotatable bonds is 5. The smallest absolute Gasteiger partial charge is 0.316 e. The second-order valence-corrected chi connectivity index (χ2v) is 3.72. The molecule has 1 aromatic rings. The van der Waals surface area contributed by atoms with Crippen LogP contribution >= 0.6 is 0 Å². The fourth-order valence-corrected chi connectivity index (χ4v) is 1.46. The highest BCUT2D eigenvalue weighted by molar-refractivity contribution is 5.87. The summed E-state index contributed by atoms with van der Waals surface area (Å²) in [5.74, 6) is -1.21. The molecule has 0 aromatic heterocycles. The number of aliphatic hydroxyl groups is 2. The molecule has 0 aliphatic carbocycles. The minimum absolute atomic E-state index is 0.287. The van der Waals surface area contributed by atoms with Crippen molar-refractivity contribution in [3.05, 3.63) is 29.8 Å². The average molecular weight is 254 g/mol. The van der Waals surface area contributed by atoms with Gasteiger partial charge in [-0.15, -0.1) is 0 Å². The Labute approximate surface area is 103 Å². The Balaban J connectivity index is 2.82. The third-order valence-corrected chi connectivity index (χ3v) is 2.24. The Kier molecular flexibility index (Phi) is 4.64. The van der Waals surface area contributed by atoms with Crippen molar-refractivity contribution in [3.8, 4) is 0 Å². The van der Waals surface area contributed by atoms with Gasteiger partial charge in [0.05, 0.1) is 12.5 Å². The standard InChI is InChI=1S/C11H14N2O5/c12-11(18)13-7-3-1-2-6(4-7)10(17)8(14)5-9(15)16/h1-4,8,10,14,17H,5H2,(H,15,16)(H3,12,13,18). The van der Waals surface area contributed by atoms with Crippen LogP contribution in [0.3, 0.4) is 0 Å². The molecule has 2 atom stereocenters. The molecule has 98 valence electrons. The highest BCUT2D eigenvalue weighted by atomic mass is 16.4. The first-order valence-electron chi connectivity index (χ1n) is 5.14. The maximum absolute atomic E-state index is 10.7. The molecule has 1 rings (SSSR count). The summed E-state index contributed by atoms with van der Waals surface area (Å²) >= 11 is 0. The number of aliphatic carboxylic acids is 1. The lowest BCUT2D eigenvalue weighted by Crippen LogP contribution is -2.22. The number of benzene rings is 1. The summed E-state index contributed by atoms with van der Waals surface area (Å²) in [5.41, 5.74) is 5.57. The Morgan fingerprint density at radius 3 is 2.56 bits per heavy atom. The van der Waals surface area contributed by atoms with Gasteiger partial charge in [0.2, 0.25) is 0 Å². The first kappa shape index (κ1) is 13.9. The van der Waals surface area contributed by atoms with Crippen molar-refractivity contribution < 1.29 is 24.9 Å². The van der Waals surface area contributed by atoms with E-state index >= 15 is 0 Å². The van der Waals surface area contributed by atoms with E-state index in [1.54, 1.807) is 6.07 Å². The highest BCUT2D eigenvalue weighted by Crippen LogP contribution is 2.21. The zero-order valence-corrected chi connectivity index (χ0v) is 9.41. The lowest BCUT2D eigenvalue weighted by atomic mass is 10.0. The second kappa shape index (κ2) is 5.99. The molecule has 0 bridgehead atoms. The summed E-state index contributed by atoms with van der Waals surface area (Å²) in [4.78, 5) is 21.1. The van der Waals surface area contributed by atoms with Gasteiger partial charge in [0, 0.05) is 5.69 Å². The van der Waals surface area contributed by atoms with Gasteiger partial charge in [0.25, 0.3) is 0 Å². The Morgan fingerprint density at radius 2 is 2.00 bits per heavy atom. The number of amides is 2. The van der Waals surface area contributed by atoms with Crippen LogP contribution in [0.2, 0.25) is 0 Å². The molecule has 2 unspecified atom stereocenters. The van der Waals surface area contributed by atoms with Gasteiger partial charge in [-0.1, -0.05) is 12.1 Å². The predicted molar refractivity (Wildman–Crippen MR) is 62.9 cm³/mol. The fourth-order valence-electron chi connectivity index (χ4n) is 1.46. The summed E-state index contributed by atoms with van der Waals surface area (Å²) in [6, 6.07) is 5.23. The highest BCUT2D eigenvalue weighted by Gasteiger charge is 2.21. The van der Waals surface area contributed by atoms with Crippen molar-refractivity contribution in [3.63, 3.8) is 0 Å². The molecule has 0 fully saturated rings. The van der Waals surface area contributed by atoms with E-state index in [-0.39, 0.29) is 5.56 Å². The predicted octanol–water partition coefficient (Wildman–Crippen LogP) is 0.0462. The second-order valence-electron chi connectivity index (χ2n) is 3.72. The van der Waals surface area contributed by atoms with E-state index in [1.807, 2.05) is 0 Å². The zero-order chi connectivity index (χ0) is 13.7. The Morgan fingerprint density at radius 1 is 1.33 bits per heavy atom. The number of hydrogen-bond acceptors (Lipinski definition) is 4. The molecule has 0 saturated heterocycles. The molecule has 7 heteroatoms. The van der Waals surface area contributed by atoms with Gasteiger partial charge in [-0.25, -0.2) is 4.79 Å². The quantitative estimate of drug-likeness (QED) is 0.506. The third kappa shape index (κ3) is 4.04. The van der Waals surface area contributed by atoms with Crippen LogP contribution in [0.25, 0.3) is 0 Å². The molecular formula is C11H14N2O5. The molecule has 7 nitrogen and oxygen atoms in total. The van der Waals surface area contributed by atoms with Gasteiger partial charge in [-0.2, -0.15) is 0 Å². The van der Waals surface area contributed by atoms with Crippen molar-refractivity contribution in [2.24, 2.45) is 5.73 Å². The van der Waals surface area contributed by atoms with Gasteiger partial charge in [0.15, 0.2) is 0 Å². The monoisotopic (exact) mass is 254 g/mol. The lowest BCUT2D eigenvalue weighted by molar-refractivity contribution is -0.141. The van der Waals surface area contributed by atoms with E-state index in [4.69, 9.17) is 10.8 Å². The number of carbonyl (C=O) groups is 2. The summed E-state index contributed by atoms with van der Waals surface area (Å²) in [5, 5.41) is 30.0. The number of aliphatic hydroxyl groups excluding tert-OH is 2. The number of primary amides is 1. The van der Waals surface area contributed by atoms with Gasteiger partial charge >= 0.3 is 12.0 Å². The third-order valence-electron chi connectivity index (χ3n) is 2.24. The van der Waals surface area contributed by atoms with Crippen molar-refractivity contribution in [2.45, 2.75) is 18.6 Å². The maximum Gasteiger partial charge on any atom is 0.316 e. The molecule has 0 aliphatic rings. The van der Waals surface area contributed by atoms with Gasteiger partial charge in [-0.05, 0) is 17.7 Å². The topological polar surface area (TPSA) is 133 Å². The van der Waals surface area contributed by atoms with Crippen LogP contribution in [0, 0.1) is 0 Å². The molecule has 2 amide bonds. The summed E-state index contributed by atoms with van der Waals surface area (Å²) in [6.07, 6.45) is -3.35. The number of carboxylic acid groups (broad SMARTS) is 1. The van der Waals surface area contributed by atoms with Crippen LogP contribution in [-0.2, 0) is 4.79 Å². The first-order valence-corrected chi connectivity index (χ1v) is 5.14. The van der Waals surface area contributed by atoms with Crippen LogP contribution in [0.4, 0.5) is 10.5 Å². The van der Waals surface area contributed by atoms with Crippen molar-refractivity contribution >= 4 is 17.7 Å². The van der Waals surface area contributed by atoms with E-state index in [0.29, 0.717) is 5.69 Å². The van der Waals surface area contributed by atoms with E-state index < -0.39 is 30.6 Å². The molecule has 6 N–H and O–H groups in total. The number of hydrogen-bond donors (Lipinski definition) is 5. The van der Waals surface area contributed by atoms with Crippen LogP contribution < -0.4 is 11.1 Å². The van der Waals surface area contributed by atoms with Gasteiger partial charge in [0.1, 0.15) is 6.10 Å². The van der Waals surface area contributed by atoms with Crippen LogP contribution in [0.1, 0.15) is 18.1 Å². The molecule has 0 saturated carbocycles. The average Bonchev–Trinajstić information content (AvgIpc) is 2.26. The van der Waals surface area contributed by atoms with E-state index in [1.165, 1.54) is 18.2 Å². The molecule has 18 heavy (non-hydrogen) atoms. The number of nitrogens with two attached hydrogens (primary N) is 1. The van der Waals surface area contributed by atoms with Crippen molar-refractivity contribution in [1.29, 1.82) is 0 Å². The van der Waals surface area contributed by atoms with Gasteiger partial charge in [-0.3, -0.25) is 4.79 Å². The fraction of sp³-hybridized carbons (Fsp3) is 0.273. The van der Waals surface area contributed by atoms with E-state index in [9.17, 15) is 19.8 Å². The van der Waals surface area contributed by atoms with Crippen molar-refractivity contribution in [1.82, 2.24) is 0 Å². The molecule has 0 aliphatic heterocycles. The number of carboxylic acids is 1. The number of nitrogens with one attached hydrogen (secondary N) is 1. The summed E-state index contributed by atoms with van der Waals surface area (Å²) in [6.45, 7) is 0. The molecule has 0 radical (unpaired) electrons. The number of anilines is 1. The minimum atomic E-state index is -1.42. The van der Waals surface area contributed by atoms with Gasteiger partial charge < -0.3 is 26.4 Å². The van der Waals surface area contributed by atoms with Crippen molar-refractivity contribution in [2.75, 3.05) is 5.32 Å². The largest absolute Gasteiger partial charge is 0.481 e. The summed E-state index contributed by atoms with van der Waals surface area (Å²) < 4.78 is 0. The maximum atomic E-state index is 10.7. The lowest BCUT2D eigenvalue weighted by Gasteiger charge is -2.17. The number of urea groups is 1. The summed E-state index contributed by atoms with van der Waals surface area (Å²) in [7, 11) is 0. The van der Waals surface area contributed by atoms with E-state index in [0.717, 1.165) is 0 Å². The Hall–Kier alpha value is -2.12.